The Bertz CT molecular complexity index is 348. The third-order valence-electron chi connectivity index (χ3n) is 1.47. The summed E-state index contributed by atoms with van der Waals surface area (Å²) in [6.45, 7) is 0. The number of aromatic carboxylic acids is 1. The Morgan fingerprint density at radius 2 is 1.77 bits per heavy atom. The summed E-state index contributed by atoms with van der Waals surface area (Å²) in [7, 11) is 2.54. The summed E-state index contributed by atoms with van der Waals surface area (Å²) in [5.41, 5.74) is -0.0595. The fraction of sp³-hybridized carbons (Fsp3) is 0. The van der Waals surface area contributed by atoms with Crippen molar-refractivity contribution >= 4 is 22.4 Å². The largest absolute Gasteiger partial charge is 0.513 e. The standard InChI is InChI=1S/C8H5O4Si/c9-7(10)5-3-1-2-4-6(5)8(11)12-13/h1-4H,(H,9,10). The number of rotatable bonds is 2. The normalized spacial score (nSPS) is 9.31. The Balaban J connectivity index is 3.19. The van der Waals surface area contributed by atoms with E-state index < -0.39 is 11.9 Å². The van der Waals surface area contributed by atoms with Gasteiger partial charge < -0.3 is 9.53 Å². The Kier molecular flexibility index (Phi) is 2.81. The average molecular weight is 193 g/mol. The van der Waals surface area contributed by atoms with E-state index in [0.717, 1.165) is 0 Å². The zero-order chi connectivity index (χ0) is 9.84. The van der Waals surface area contributed by atoms with Crippen molar-refractivity contribution in [3.05, 3.63) is 35.4 Å². The first-order valence-corrected chi connectivity index (χ1v) is 3.78. The molecule has 0 aliphatic carbocycles. The van der Waals surface area contributed by atoms with Crippen molar-refractivity contribution < 1.29 is 19.1 Å². The van der Waals surface area contributed by atoms with Gasteiger partial charge in [0.2, 0.25) is 0 Å². The minimum Gasteiger partial charge on any atom is -0.513 e. The lowest BCUT2D eigenvalue weighted by Gasteiger charge is -2.02. The molecule has 0 aliphatic heterocycles. The molecule has 0 aliphatic rings. The molecule has 3 radical (unpaired) electrons. The van der Waals surface area contributed by atoms with Crippen molar-refractivity contribution in [2.45, 2.75) is 0 Å². The SMILES string of the molecule is O=C(O)c1ccccc1C(=O)O[Si]. The highest BCUT2D eigenvalue weighted by Gasteiger charge is 2.15. The van der Waals surface area contributed by atoms with E-state index in [0.29, 0.717) is 0 Å². The zero-order valence-electron chi connectivity index (χ0n) is 6.48. The second-order valence-electron chi connectivity index (χ2n) is 2.24. The van der Waals surface area contributed by atoms with Gasteiger partial charge in [-0.1, -0.05) is 12.1 Å². The molecule has 1 aromatic rings. The second-order valence-corrected chi connectivity index (χ2v) is 2.44. The zero-order valence-corrected chi connectivity index (χ0v) is 7.48. The summed E-state index contributed by atoms with van der Waals surface area (Å²) in [4.78, 5) is 21.6. The van der Waals surface area contributed by atoms with Crippen LogP contribution in [0.4, 0.5) is 0 Å². The van der Waals surface area contributed by atoms with Crippen molar-refractivity contribution in [2.24, 2.45) is 0 Å². The Hall–Kier alpha value is -1.62. The van der Waals surface area contributed by atoms with E-state index in [1.54, 1.807) is 6.07 Å². The van der Waals surface area contributed by atoms with Gasteiger partial charge in [-0.25, -0.2) is 9.59 Å². The van der Waals surface area contributed by atoms with Gasteiger partial charge in [0.05, 0.1) is 11.1 Å². The number of carboxylic acids is 1. The third kappa shape index (κ3) is 1.94. The first-order valence-electron chi connectivity index (χ1n) is 3.37. The second kappa shape index (κ2) is 3.86. The maximum Gasteiger partial charge on any atom is 0.345 e. The molecule has 1 rings (SSSR count). The molecule has 5 heteroatoms. The van der Waals surface area contributed by atoms with Gasteiger partial charge in [0.15, 0.2) is 0 Å². The Morgan fingerprint density at radius 1 is 1.23 bits per heavy atom. The van der Waals surface area contributed by atoms with Gasteiger partial charge in [-0.05, 0) is 12.1 Å². The fourth-order valence-corrected chi connectivity index (χ4v) is 1.01. The summed E-state index contributed by atoms with van der Waals surface area (Å²) in [5, 5.41) is 8.69. The van der Waals surface area contributed by atoms with Crippen LogP contribution < -0.4 is 0 Å². The highest BCUT2D eigenvalue weighted by atomic mass is 28.2. The molecular weight excluding hydrogens is 188 g/mol. The third-order valence-corrected chi connectivity index (χ3v) is 1.66. The molecular formula is C8H5O4Si. The summed E-state index contributed by atoms with van der Waals surface area (Å²) >= 11 is 0. The quantitative estimate of drug-likeness (QED) is 0.699. The van der Waals surface area contributed by atoms with Crippen LogP contribution in [0.3, 0.4) is 0 Å². The van der Waals surface area contributed by atoms with Crippen molar-refractivity contribution in [2.75, 3.05) is 0 Å². The van der Waals surface area contributed by atoms with Crippen LogP contribution in [-0.4, -0.2) is 27.5 Å². The molecule has 0 spiro atoms. The van der Waals surface area contributed by atoms with Gasteiger partial charge in [0.25, 0.3) is 0 Å². The molecule has 4 nitrogen and oxygen atoms in total. The van der Waals surface area contributed by atoms with E-state index in [4.69, 9.17) is 5.11 Å². The fourth-order valence-electron chi connectivity index (χ4n) is 0.903. The van der Waals surface area contributed by atoms with E-state index in [1.807, 2.05) is 0 Å². The highest BCUT2D eigenvalue weighted by Crippen LogP contribution is 2.09. The molecule has 0 unspecified atom stereocenters. The Labute approximate surface area is 77.7 Å². The number of carbonyl (C=O) groups is 2. The maximum absolute atomic E-state index is 11.0. The number of hydrogen-bond acceptors (Lipinski definition) is 3. The monoisotopic (exact) mass is 193 g/mol. The topological polar surface area (TPSA) is 63.6 Å². The first-order chi connectivity index (χ1) is 6.16. The van der Waals surface area contributed by atoms with E-state index in [2.05, 4.69) is 14.9 Å². The molecule has 0 heterocycles. The highest BCUT2D eigenvalue weighted by molar-refractivity contribution is 6.12. The van der Waals surface area contributed by atoms with Gasteiger partial charge in [0.1, 0.15) is 0 Å². The summed E-state index contributed by atoms with van der Waals surface area (Å²) < 4.78 is 4.23. The lowest BCUT2D eigenvalue weighted by Crippen LogP contribution is -2.09. The molecule has 13 heavy (non-hydrogen) atoms. The van der Waals surface area contributed by atoms with E-state index in [-0.39, 0.29) is 11.1 Å². The number of hydrogen-bond donors (Lipinski definition) is 1. The van der Waals surface area contributed by atoms with Crippen molar-refractivity contribution in [1.82, 2.24) is 0 Å². The first kappa shape index (κ1) is 9.46. The molecule has 0 aromatic heterocycles. The minimum atomic E-state index is -1.16. The van der Waals surface area contributed by atoms with Gasteiger partial charge in [-0.2, -0.15) is 0 Å². The van der Waals surface area contributed by atoms with Crippen LogP contribution in [-0.2, 0) is 4.43 Å². The predicted octanol–water partition coefficient (Wildman–Crippen LogP) is 0.625. The van der Waals surface area contributed by atoms with Gasteiger partial charge in [-0.3, -0.25) is 0 Å². The molecule has 0 saturated carbocycles. The Morgan fingerprint density at radius 3 is 2.23 bits per heavy atom. The van der Waals surface area contributed by atoms with Crippen LogP contribution in [0.15, 0.2) is 24.3 Å². The number of carboxylic acid groups (broad SMARTS) is 1. The van der Waals surface area contributed by atoms with Crippen LogP contribution in [0.25, 0.3) is 0 Å². The summed E-state index contributed by atoms with van der Waals surface area (Å²) in [6.07, 6.45) is 0. The van der Waals surface area contributed by atoms with Crippen LogP contribution in [0, 0.1) is 0 Å². The minimum absolute atomic E-state index is 0.0185. The van der Waals surface area contributed by atoms with E-state index >= 15 is 0 Å². The van der Waals surface area contributed by atoms with Crippen molar-refractivity contribution in [1.29, 1.82) is 0 Å². The average Bonchev–Trinajstić information content (AvgIpc) is 2.16. The molecule has 0 atom stereocenters. The van der Waals surface area contributed by atoms with Crippen molar-refractivity contribution in [3.63, 3.8) is 0 Å². The van der Waals surface area contributed by atoms with Crippen LogP contribution >= 0.6 is 0 Å². The van der Waals surface area contributed by atoms with Gasteiger partial charge >= 0.3 is 22.4 Å². The molecule has 0 saturated heterocycles. The maximum atomic E-state index is 11.0. The van der Waals surface area contributed by atoms with E-state index in [1.165, 1.54) is 18.2 Å². The number of benzene rings is 1. The van der Waals surface area contributed by atoms with Gasteiger partial charge in [-0.15, -0.1) is 0 Å². The lowest BCUT2D eigenvalue weighted by atomic mass is 10.1. The summed E-state index contributed by atoms with van der Waals surface area (Å²) in [6, 6.07) is 5.81. The summed E-state index contributed by atoms with van der Waals surface area (Å²) in [5.74, 6) is -1.89. The number of carbonyl (C=O) groups excluding carboxylic acids is 1. The predicted molar refractivity (Wildman–Crippen MR) is 44.6 cm³/mol. The molecule has 65 valence electrons. The molecule has 0 amide bonds. The lowest BCUT2D eigenvalue weighted by molar-refractivity contribution is 0.0672. The molecule has 0 fully saturated rings. The molecule has 1 aromatic carbocycles. The van der Waals surface area contributed by atoms with Crippen LogP contribution in [0.1, 0.15) is 20.7 Å². The molecule has 1 N–H and O–H groups in total. The smallest absolute Gasteiger partial charge is 0.345 e. The van der Waals surface area contributed by atoms with Gasteiger partial charge in [0, 0.05) is 0 Å². The molecule has 0 bridgehead atoms. The van der Waals surface area contributed by atoms with Crippen LogP contribution in [0.2, 0.25) is 0 Å². The van der Waals surface area contributed by atoms with E-state index in [9.17, 15) is 9.59 Å². The van der Waals surface area contributed by atoms with Crippen molar-refractivity contribution in [3.8, 4) is 0 Å². The van der Waals surface area contributed by atoms with Crippen LogP contribution in [0.5, 0.6) is 0 Å².